The molecule has 0 aliphatic heterocycles. The quantitative estimate of drug-likeness (QED) is 0.858. The van der Waals surface area contributed by atoms with Crippen LogP contribution >= 0.6 is 0 Å². The number of rotatable bonds is 4. The fraction of sp³-hybridized carbons (Fsp3) is 0.545. The molecule has 0 aromatic carbocycles. The second kappa shape index (κ2) is 4.29. The zero-order valence-corrected chi connectivity index (χ0v) is 10.6. The lowest BCUT2D eigenvalue weighted by Gasteiger charge is -2.25. The monoisotopic (exact) mass is 235 g/mol. The van der Waals surface area contributed by atoms with Gasteiger partial charge in [-0.2, -0.15) is 4.98 Å². The Hall–Kier alpha value is -1.69. The average molecular weight is 235 g/mol. The molecule has 0 amide bonds. The highest BCUT2D eigenvalue weighted by atomic mass is 16.5. The lowest BCUT2D eigenvalue weighted by molar-refractivity contribution is 0.382. The van der Waals surface area contributed by atoms with Crippen LogP contribution in [0.25, 0.3) is 0 Å². The zero-order chi connectivity index (χ0) is 12.5. The van der Waals surface area contributed by atoms with E-state index in [4.69, 9.17) is 4.52 Å². The van der Waals surface area contributed by atoms with E-state index in [1.54, 1.807) is 13.3 Å². The van der Waals surface area contributed by atoms with Crippen molar-refractivity contribution in [3.05, 3.63) is 29.9 Å². The van der Waals surface area contributed by atoms with Crippen LogP contribution < -0.4 is 5.32 Å². The first-order valence-corrected chi connectivity index (χ1v) is 5.51. The molecule has 0 saturated heterocycles. The van der Waals surface area contributed by atoms with Gasteiger partial charge in [-0.1, -0.05) is 5.16 Å². The molecule has 0 fully saturated rings. The Labute approximate surface area is 100 Å². The van der Waals surface area contributed by atoms with Crippen LogP contribution in [0.5, 0.6) is 0 Å². The number of nitrogens with zero attached hydrogens (tertiary/aromatic N) is 4. The Balaban J connectivity index is 2.26. The summed E-state index contributed by atoms with van der Waals surface area (Å²) in [6.07, 6.45) is 3.63. The van der Waals surface area contributed by atoms with E-state index >= 15 is 0 Å². The van der Waals surface area contributed by atoms with E-state index in [2.05, 4.69) is 34.3 Å². The Kier molecular flexibility index (Phi) is 2.97. The van der Waals surface area contributed by atoms with Crippen LogP contribution in [0.3, 0.4) is 0 Å². The van der Waals surface area contributed by atoms with E-state index in [9.17, 15) is 0 Å². The molecule has 2 rings (SSSR count). The van der Waals surface area contributed by atoms with Crippen LogP contribution in [0, 0.1) is 6.92 Å². The van der Waals surface area contributed by atoms with Gasteiger partial charge in [0.05, 0.1) is 30.3 Å². The van der Waals surface area contributed by atoms with Gasteiger partial charge in [0.2, 0.25) is 5.89 Å². The largest absolute Gasteiger partial charge is 0.340 e. The molecule has 6 heteroatoms. The molecule has 0 radical (unpaired) electrons. The summed E-state index contributed by atoms with van der Waals surface area (Å²) in [6, 6.07) is 0. The van der Waals surface area contributed by atoms with Crippen LogP contribution in [0.15, 0.2) is 17.0 Å². The van der Waals surface area contributed by atoms with Crippen LogP contribution in [-0.2, 0) is 12.1 Å². The van der Waals surface area contributed by atoms with Gasteiger partial charge in [0.15, 0.2) is 5.82 Å². The van der Waals surface area contributed by atoms with Crippen molar-refractivity contribution in [3.63, 3.8) is 0 Å². The molecule has 17 heavy (non-hydrogen) atoms. The molecule has 0 bridgehead atoms. The van der Waals surface area contributed by atoms with Gasteiger partial charge < -0.3 is 14.4 Å². The molecule has 2 heterocycles. The average Bonchev–Trinajstić information content (AvgIpc) is 2.89. The molecular formula is C11H17N5O. The first-order valence-electron chi connectivity index (χ1n) is 5.51. The maximum atomic E-state index is 4.95. The third-order valence-corrected chi connectivity index (χ3v) is 2.86. The lowest BCUT2D eigenvalue weighted by Crippen LogP contribution is -2.35. The van der Waals surface area contributed by atoms with E-state index in [1.807, 2.05) is 17.8 Å². The van der Waals surface area contributed by atoms with Crippen molar-refractivity contribution in [1.29, 1.82) is 0 Å². The molecule has 0 aliphatic carbocycles. The minimum Gasteiger partial charge on any atom is -0.340 e. The highest BCUT2D eigenvalue weighted by Crippen LogP contribution is 2.19. The summed E-state index contributed by atoms with van der Waals surface area (Å²) >= 11 is 0. The van der Waals surface area contributed by atoms with E-state index < -0.39 is 0 Å². The summed E-state index contributed by atoms with van der Waals surface area (Å²) in [4.78, 5) is 8.36. The second-order valence-corrected chi connectivity index (χ2v) is 4.51. The van der Waals surface area contributed by atoms with Crippen LogP contribution in [0.2, 0.25) is 0 Å². The predicted molar refractivity (Wildman–Crippen MR) is 62.4 cm³/mol. The summed E-state index contributed by atoms with van der Waals surface area (Å²) in [5, 5.41) is 7.13. The highest BCUT2D eigenvalue weighted by Gasteiger charge is 2.22. The molecular weight excluding hydrogens is 218 g/mol. The number of hydrogen-bond donors (Lipinski definition) is 1. The van der Waals surface area contributed by atoms with E-state index in [0.717, 1.165) is 5.69 Å². The Morgan fingerprint density at radius 1 is 1.47 bits per heavy atom. The maximum absolute atomic E-state index is 4.95. The van der Waals surface area contributed by atoms with Gasteiger partial charge in [-0.15, -0.1) is 0 Å². The standard InChI is InChI=1S/C11H17N5O/c1-8-14-10(15-17-8)6-16-7-13-5-9(16)11(2,3)12-4/h5,7,12H,6H2,1-4H3. The fourth-order valence-electron chi connectivity index (χ4n) is 1.65. The molecule has 92 valence electrons. The summed E-state index contributed by atoms with van der Waals surface area (Å²) < 4.78 is 6.97. The summed E-state index contributed by atoms with van der Waals surface area (Å²) in [7, 11) is 1.93. The number of aromatic nitrogens is 4. The number of hydrogen-bond acceptors (Lipinski definition) is 5. The van der Waals surface area contributed by atoms with Gasteiger partial charge in [-0.3, -0.25) is 0 Å². The summed E-state index contributed by atoms with van der Waals surface area (Å²) in [6.45, 7) is 6.55. The third-order valence-electron chi connectivity index (χ3n) is 2.86. The third kappa shape index (κ3) is 2.36. The van der Waals surface area contributed by atoms with Crippen molar-refractivity contribution in [1.82, 2.24) is 25.0 Å². The Bertz CT molecular complexity index is 499. The number of imidazole rings is 1. The lowest BCUT2D eigenvalue weighted by atomic mass is 10.0. The number of aryl methyl sites for hydroxylation is 1. The topological polar surface area (TPSA) is 68.8 Å². The van der Waals surface area contributed by atoms with Gasteiger partial charge in [0.25, 0.3) is 0 Å². The first kappa shape index (κ1) is 11.8. The van der Waals surface area contributed by atoms with Crippen molar-refractivity contribution < 1.29 is 4.52 Å². The Morgan fingerprint density at radius 2 is 2.24 bits per heavy atom. The highest BCUT2D eigenvalue weighted by molar-refractivity contribution is 5.12. The Morgan fingerprint density at radius 3 is 2.82 bits per heavy atom. The van der Waals surface area contributed by atoms with E-state index in [0.29, 0.717) is 18.3 Å². The molecule has 2 aromatic heterocycles. The van der Waals surface area contributed by atoms with Crippen molar-refractivity contribution in [2.75, 3.05) is 7.05 Å². The van der Waals surface area contributed by atoms with Crippen LogP contribution in [-0.4, -0.2) is 26.7 Å². The zero-order valence-electron chi connectivity index (χ0n) is 10.6. The SMILES string of the molecule is CNC(C)(C)c1cncn1Cc1noc(C)n1. The van der Waals surface area contributed by atoms with Crippen LogP contribution in [0.4, 0.5) is 0 Å². The molecule has 0 atom stereocenters. The normalized spacial score (nSPS) is 12.0. The first-order chi connectivity index (χ1) is 8.03. The van der Waals surface area contributed by atoms with Gasteiger partial charge in [0, 0.05) is 6.92 Å². The van der Waals surface area contributed by atoms with E-state index in [-0.39, 0.29) is 5.54 Å². The van der Waals surface area contributed by atoms with Crippen LogP contribution in [0.1, 0.15) is 31.3 Å². The minimum atomic E-state index is -0.144. The molecule has 0 aliphatic rings. The molecule has 0 saturated carbocycles. The second-order valence-electron chi connectivity index (χ2n) is 4.51. The van der Waals surface area contributed by atoms with E-state index in [1.165, 1.54) is 0 Å². The molecule has 1 N–H and O–H groups in total. The van der Waals surface area contributed by atoms with Crippen molar-refractivity contribution in [3.8, 4) is 0 Å². The molecule has 2 aromatic rings. The van der Waals surface area contributed by atoms with Crippen molar-refractivity contribution in [2.45, 2.75) is 32.9 Å². The van der Waals surface area contributed by atoms with Gasteiger partial charge in [0.1, 0.15) is 0 Å². The maximum Gasteiger partial charge on any atom is 0.223 e. The van der Waals surface area contributed by atoms with Crippen molar-refractivity contribution in [2.24, 2.45) is 0 Å². The van der Waals surface area contributed by atoms with Gasteiger partial charge in [-0.25, -0.2) is 4.98 Å². The number of nitrogens with one attached hydrogen (secondary N) is 1. The van der Waals surface area contributed by atoms with Gasteiger partial charge >= 0.3 is 0 Å². The summed E-state index contributed by atoms with van der Waals surface area (Å²) in [5.41, 5.74) is 0.942. The van der Waals surface area contributed by atoms with Crippen molar-refractivity contribution >= 4 is 0 Å². The minimum absolute atomic E-state index is 0.144. The smallest absolute Gasteiger partial charge is 0.223 e. The predicted octanol–water partition coefficient (Wildman–Crippen LogP) is 1.08. The summed E-state index contributed by atoms with van der Waals surface area (Å²) in [5.74, 6) is 1.24. The van der Waals surface area contributed by atoms with Gasteiger partial charge in [-0.05, 0) is 20.9 Å². The molecule has 0 unspecified atom stereocenters. The fourth-order valence-corrected chi connectivity index (χ4v) is 1.65. The molecule has 0 spiro atoms. The molecule has 6 nitrogen and oxygen atoms in total.